The summed E-state index contributed by atoms with van der Waals surface area (Å²) in [6.45, 7) is 0.0199. The van der Waals surface area contributed by atoms with Gasteiger partial charge in [0.25, 0.3) is 0 Å². The third-order valence-corrected chi connectivity index (χ3v) is 2.43. The van der Waals surface area contributed by atoms with Gasteiger partial charge in [0, 0.05) is 14.1 Å². The summed E-state index contributed by atoms with van der Waals surface area (Å²) in [5.41, 5.74) is 5.12. The number of nitrogen functional groups attached to an aromatic ring is 1. The Kier molecular flexibility index (Phi) is 4.05. The van der Waals surface area contributed by atoms with E-state index in [-0.39, 0.29) is 18.1 Å². The number of rotatable bonds is 3. The monoisotopic (exact) mass is 261 g/mol. The van der Waals surface area contributed by atoms with Gasteiger partial charge in [-0.3, -0.25) is 4.79 Å². The van der Waals surface area contributed by atoms with E-state index >= 15 is 0 Å². The van der Waals surface area contributed by atoms with Gasteiger partial charge in [0.2, 0.25) is 5.91 Å². The van der Waals surface area contributed by atoms with E-state index in [4.69, 9.17) is 5.73 Å². The van der Waals surface area contributed by atoms with E-state index in [1.807, 2.05) is 0 Å². The molecule has 0 aliphatic rings. The number of carbonyl (C=O) groups is 1. The number of hydrogen-bond donors (Lipinski definition) is 2. The summed E-state index contributed by atoms with van der Waals surface area (Å²) in [5, 5.41) is 2.42. The minimum atomic E-state index is -4.42. The average molecular weight is 261 g/mol. The molecular formula is C11H14F3N3O. The fourth-order valence-electron chi connectivity index (χ4n) is 1.46. The van der Waals surface area contributed by atoms with Crippen LogP contribution in [0.1, 0.15) is 5.56 Å². The first-order chi connectivity index (χ1) is 8.25. The fraction of sp³-hybridized carbons (Fsp3) is 0.364. The molecule has 1 rings (SSSR count). The van der Waals surface area contributed by atoms with Crippen LogP contribution in [0.25, 0.3) is 0 Å². The third-order valence-electron chi connectivity index (χ3n) is 2.43. The molecule has 0 unspecified atom stereocenters. The first-order valence-electron chi connectivity index (χ1n) is 5.14. The Hall–Kier alpha value is -1.92. The molecule has 0 heterocycles. The quantitative estimate of drug-likeness (QED) is 0.810. The molecule has 1 aromatic rings. The van der Waals surface area contributed by atoms with Crippen LogP contribution in [0.5, 0.6) is 0 Å². The first-order valence-corrected chi connectivity index (χ1v) is 5.14. The van der Waals surface area contributed by atoms with Gasteiger partial charge >= 0.3 is 6.18 Å². The standard InChI is InChI=1S/C11H14F3N3O/c1-16-10(18)6-17(2)9-4-3-7(5-8(9)15)11(12,13)14/h3-5H,6,15H2,1-2H3,(H,16,18). The van der Waals surface area contributed by atoms with Crippen molar-refractivity contribution in [2.75, 3.05) is 31.3 Å². The van der Waals surface area contributed by atoms with Crippen LogP contribution in [-0.4, -0.2) is 26.5 Å². The zero-order chi connectivity index (χ0) is 13.9. The zero-order valence-electron chi connectivity index (χ0n) is 10.0. The molecule has 0 aliphatic carbocycles. The molecule has 1 amide bonds. The van der Waals surface area contributed by atoms with Crippen molar-refractivity contribution in [2.45, 2.75) is 6.18 Å². The van der Waals surface area contributed by atoms with Crippen molar-refractivity contribution >= 4 is 17.3 Å². The van der Waals surface area contributed by atoms with Crippen molar-refractivity contribution in [1.29, 1.82) is 0 Å². The Labute approximate surface area is 103 Å². The summed E-state index contributed by atoms with van der Waals surface area (Å²) in [6, 6.07) is 3.04. The normalized spacial score (nSPS) is 11.2. The minimum absolute atomic E-state index is 0.0174. The molecule has 4 nitrogen and oxygen atoms in total. The number of halogens is 3. The summed E-state index contributed by atoms with van der Waals surface area (Å²) in [4.78, 5) is 12.6. The predicted molar refractivity (Wildman–Crippen MR) is 63.2 cm³/mol. The van der Waals surface area contributed by atoms with Gasteiger partial charge in [-0.25, -0.2) is 0 Å². The number of hydrogen-bond acceptors (Lipinski definition) is 3. The van der Waals surface area contributed by atoms with Gasteiger partial charge in [-0.1, -0.05) is 0 Å². The summed E-state index contributed by atoms with van der Waals surface area (Å²) >= 11 is 0. The molecule has 0 aromatic heterocycles. The Morgan fingerprint density at radius 3 is 2.50 bits per heavy atom. The van der Waals surface area contributed by atoms with E-state index in [0.717, 1.165) is 12.1 Å². The highest BCUT2D eigenvalue weighted by Gasteiger charge is 2.31. The van der Waals surface area contributed by atoms with Gasteiger partial charge in [0.05, 0.1) is 23.5 Å². The smallest absolute Gasteiger partial charge is 0.397 e. The SMILES string of the molecule is CNC(=O)CN(C)c1ccc(C(F)(F)F)cc1N. The van der Waals surface area contributed by atoms with E-state index in [1.165, 1.54) is 18.0 Å². The second kappa shape index (κ2) is 5.16. The molecule has 0 fully saturated rings. The Bertz CT molecular complexity index is 446. The molecule has 100 valence electrons. The number of nitrogens with one attached hydrogen (secondary N) is 1. The van der Waals surface area contributed by atoms with Crippen molar-refractivity contribution < 1.29 is 18.0 Å². The molecule has 0 saturated heterocycles. The zero-order valence-corrected chi connectivity index (χ0v) is 10.0. The molecule has 7 heteroatoms. The van der Waals surface area contributed by atoms with E-state index in [9.17, 15) is 18.0 Å². The van der Waals surface area contributed by atoms with E-state index in [0.29, 0.717) is 5.69 Å². The molecule has 0 spiro atoms. The molecule has 0 aliphatic heterocycles. The number of alkyl halides is 3. The topological polar surface area (TPSA) is 58.4 Å². The van der Waals surface area contributed by atoms with Crippen LogP contribution in [0.2, 0.25) is 0 Å². The number of carbonyl (C=O) groups excluding carboxylic acids is 1. The van der Waals surface area contributed by atoms with Gasteiger partial charge in [-0.05, 0) is 18.2 Å². The van der Waals surface area contributed by atoms with Gasteiger partial charge < -0.3 is 16.0 Å². The van der Waals surface area contributed by atoms with Crippen LogP contribution in [0, 0.1) is 0 Å². The molecule has 1 aromatic carbocycles. The molecule has 18 heavy (non-hydrogen) atoms. The largest absolute Gasteiger partial charge is 0.416 e. The minimum Gasteiger partial charge on any atom is -0.397 e. The lowest BCUT2D eigenvalue weighted by Crippen LogP contribution is -2.33. The van der Waals surface area contributed by atoms with Crippen LogP contribution in [0.4, 0.5) is 24.5 Å². The average Bonchev–Trinajstić information content (AvgIpc) is 2.27. The van der Waals surface area contributed by atoms with Gasteiger partial charge in [0.15, 0.2) is 0 Å². The molecule has 0 radical (unpaired) electrons. The van der Waals surface area contributed by atoms with Crippen molar-refractivity contribution in [3.05, 3.63) is 23.8 Å². The molecule has 0 atom stereocenters. The molecule has 0 bridgehead atoms. The van der Waals surface area contributed by atoms with E-state index in [1.54, 1.807) is 7.05 Å². The van der Waals surface area contributed by atoms with Crippen molar-refractivity contribution in [3.8, 4) is 0 Å². The third kappa shape index (κ3) is 3.28. The summed E-state index contributed by atoms with van der Waals surface area (Å²) in [7, 11) is 3.06. The lowest BCUT2D eigenvalue weighted by Gasteiger charge is -2.21. The van der Waals surface area contributed by atoms with Crippen LogP contribution in [0.3, 0.4) is 0 Å². The maximum atomic E-state index is 12.4. The maximum Gasteiger partial charge on any atom is 0.416 e. The van der Waals surface area contributed by atoms with Gasteiger partial charge in [-0.15, -0.1) is 0 Å². The number of nitrogens with zero attached hydrogens (tertiary/aromatic N) is 1. The van der Waals surface area contributed by atoms with Crippen molar-refractivity contribution in [2.24, 2.45) is 0 Å². The van der Waals surface area contributed by atoms with Crippen molar-refractivity contribution in [3.63, 3.8) is 0 Å². The number of anilines is 2. The molecule has 3 N–H and O–H groups in total. The summed E-state index contributed by atoms with van der Waals surface area (Å²) < 4.78 is 37.3. The van der Waals surface area contributed by atoms with Crippen molar-refractivity contribution in [1.82, 2.24) is 5.32 Å². The summed E-state index contributed by atoms with van der Waals surface area (Å²) in [6.07, 6.45) is -4.42. The van der Waals surface area contributed by atoms with Crippen LogP contribution >= 0.6 is 0 Å². The van der Waals surface area contributed by atoms with Gasteiger partial charge in [-0.2, -0.15) is 13.2 Å². The fourth-order valence-corrected chi connectivity index (χ4v) is 1.46. The molecule has 0 saturated carbocycles. The highest BCUT2D eigenvalue weighted by Crippen LogP contribution is 2.33. The predicted octanol–water partition coefficient (Wildman–Crippen LogP) is 1.47. The maximum absolute atomic E-state index is 12.4. The van der Waals surface area contributed by atoms with Gasteiger partial charge in [0.1, 0.15) is 0 Å². The highest BCUT2D eigenvalue weighted by molar-refractivity contribution is 5.82. The van der Waals surface area contributed by atoms with Crippen LogP contribution < -0.4 is 16.0 Å². The second-order valence-corrected chi connectivity index (χ2v) is 3.80. The Balaban J connectivity index is 2.95. The number of amides is 1. The van der Waals surface area contributed by atoms with E-state index < -0.39 is 11.7 Å². The second-order valence-electron chi connectivity index (χ2n) is 3.80. The number of likely N-dealkylation sites (N-methyl/N-ethyl adjacent to an activating group) is 2. The molecular weight excluding hydrogens is 247 g/mol. The summed E-state index contributed by atoms with van der Waals surface area (Å²) in [5.74, 6) is -0.253. The van der Waals surface area contributed by atoms with Crippen LogP contribution in [-0.2, 0) is 11.0 Å². The van der Waals surface area contributed by atoms with E-state index in [2.05, 4.69) is 5.32 Å². The number of benzene rings is 1. The lowest BCUT2D eigenvalue weighted by atomic mass is 10.1. The number of nitrogens with two attached hydrogens (primary N) is 1. The lowest BCUT2D eigenvalue weighted by molar-refractivity contribution is -0.137. The Morgan fingerprint density at radius 1 is 1.44 bits per heavy atom. The highest BCUT2D eigenvalue weighted by atomic mass is 19.4. The first kappa shape index (κ1) is 14.1. The Morgan fingerprint density at radius 2 is 2.06 bits per heavy atom. The van der Waals surface area contributed by atoms with Crippen LogP contribution in [0.15, 0.2) is 18.2 Å².